The van der Waals surface area contributed by atoms with Gasteiger partial charge in [-0.15, -0.1) is 0 Å². The fraction of sp³-hybridized carbons (Fsp3) is 0.933. The number of carbonyl (C=O) groups excluding carboxylic acids is 1. The van der Waals surface area contributed by atoms with E-state index in [0.29, 0.717) is 39.3 Å². The minimum Gasteiger partial charge on any atom is -0.350 e. The van der Waals surface area contributed by atoms with Crippen molar-refractivity contribution < 1.29 is 13.2 Å². The Labute approximate surface area is 140 Å². The molecule has 7 nitrogen and oxygen atoms in total. The van der Waals surface area contributed by atoms with Crippen LogP contribution in [0.3, 0.4) is 0 Å². The zero-order valence-electron chi connectivity index (χ0n) is 14.7. The molecule has 2 rings (SSSR count). The second-order valence-electron chi connectivity index (χ2n) is 7.46. The SMILES string of the molecule is CC(C(=O)NC(C)(C)C)N1CCN(S(=O)(=O)N2CCCC2)CC1. The molecule has 2 aliphatic rings. The summed E-state index contributed by atoms with van der Waals surface area (Å²) in [6.07, 6.45) is 1.90. The molecule has 2 saturated heterocycles. The predicted molar refractivity (Wildman–Crippen MR) is 90.2 cm³/mol. The van der Waals surface area contributed by atoms with Gasteiger partial charge in [0.25, 0.3) is 10.2 Å². The van der Waals surface area contributed by atoms with E-state index in [9.17, 15) is 13.2 Å². The lowest BCUT2D eigenvalue weighted by Gasteiger charge is -2.38. The number of carbonyl (C=O) groups is 1. The third kappa shape index (κ3) is 4.65. The molecule has 0 aliphatic carbocycles. The summed E-state index contributed by atoms with van der Waals surface area (Å²) >= 11 is 0. The molecule has 0 saturated carbocycles. The Balaban J connectivity index is 1.89. The third-order valence-corrected chi connectivity index (χ3v) is 6.45. The Bertz CT molecular complexity index is 515. The van der Waals surface area contributed by atoms with Crippen LogP contribution in [0.5, 0.6) is 0 Å². The Morgan fingerprint density at radius 1 is 0.957 bits per heavy atom. The highest BCUT2D eigenvalue weighted by Gasteiger charge is 2.35. The normalized spacial score (nSPS) is 23.8. The number of piperazine rings is 1. The second-order valence-corrected chi connectivity index (χ2v) is 9.39. The molecular weight excluding hydrogens is 316 g/mol. The fourth-order valence-electron chi connectivity index (χ4n) is 3.04. The molecule has 0 spiro atoms. The molecule has 8 heteroatoms. The zero-order valence-corrected chi connectivity index (χ0v) is 15.5. The molecule has 1 amide bonds. The van der Waals surface area contributed by atoms with Crippen LogP contribution in [-0.4, -0.2) is 78.7 Å². The van der Waals surface area contributed by atoms with E-state index in [2.05, 4.69) is 10.2 Å². The molecular formula is C15H30N4O3S. The van der Waals surface area contributed by atoms with Gasteiger partial charge in [0.15, 0.2) is 0 Å². The first kappa shape index (κ1) is 18.6. The fourth-order valence-corrected chi connectivity index (χ4v) is 4.71. The number of nitrogens with zero attached hydrogens (tertiary/aromatic N) is 3. The van der Waals surface area contributed by atoms with Gasteiger partial charge in [-0.3, -0.25) is 9.69 Å². The van der Waals surface area contributed by atoms with Crippen molar-refractivity contribution in [2.45, 2.75) is 52.1 Å². The summed E-state index contributed by atoms with van der Waals surface area (Å²) in [4.78, 5) is 14.3. The van der Waals surface area contributed by atoms with Crippen LogP contribution in [0.25, 0.3) is 0 Å². The van der Waals surface area contributed by atoms with Gasteiger partial charge in [0, 0.05) is 44.8 Å². The molecule has 0 aromatic rings. The molecule has 2 fully saturated rings. The summed E-state index contributed by atoms with van der Waals surface area (Å²) in [5, 5.41) is 2.98. The van der Waals surface area contributed by atoms with Crippen LogP contribution in [-0.2, 0) is 15.0 Å². The van der Waals surface area contributed by atoms with E-state index in [4.69, 9.17) is 0 Å². The number of hydrogen-bond donors (Lipinski definition) is 1. The van der Waals surface area contributed by atoms with Gasteiger partial charge < -0.3 is 5.32 Å². The maximum Gasteiger partial charge on any atom is 0.282 e. The highest BCUT2D eigenvalue weighted by atomic mass is 32.2. The Morgan fingerprint density at radius 2 is 1.43 bits per heavy atom. The van der Waals surface area contributed by atoms with Crippen LogP contribution < -0.4 is 5.32 Å². The van der Waals surface area contributed by atoms with E-state index in [-0.39, 0.29) is 17.5 Å². The third-order valence-electron chi connectivity index (χ3n) is 4.42. The lowest BCUT2D eigenvalue weighted by molar-refractivity contribution is -0.127. The van der Waals surface area contributed by atoms with Crippen LogP contribution >= 0.6 is 0 Å². The first-order valence-corrected chi connectivity index (χ1v) is 9.82. The molecule has 2 aliphatic heterocycles. The molecule has 134 valence electrons. The maximum absolute atomic E-state index is 12.5. The summed E-state index contributed by atoms with van der Waals surface area (Å²) in [7, 11) is -3.32. The molecule has 0 aromatic carbocycles. The van der Waals surface area contributed by atoms with Crippen LogP contribution in [0.1, 0.15) is 40.5 Å². The molecule has 1 atom stereocenters. The van der Waals surface area contributed by atoms with Crippen molar-refractivity contribution in [3.8, 4) is 0 Å². The van der Waals surface area contributed by atoms with Gasteiger partial charge in [-0.1, -0.05) is 0 Å². The van der Waals surface area contributed by atoms with Crippen molar-refractivity contribution in [1.29, 1.82) is 0 Å². The van der Waals surface area contributed by atoms with Gasteiger partial charge in [-0.2, -0.15) is 17.0 Å². The van der Waals surface area contributed by atoms with Crippen molar-refractivity contribution in [3.05, 3.63) is 0 Å². The molecule has 23 heavy (non-hydrogen) atoms. The van der Waals surface area contributed by atoms with Gasteiger partial charge in [-0.25, -0.2) is 0 Å². The Kier molecular flexibility index (Phi) is 5.71. The summed E-state index contributed by atoms with van der Waals surface area (Å²) < 4.78 is 28.2. The summed E-state index contributed by atoms with van der Waals surface area (Å²) in [5.41, 5.74) is -0.258. The van der Waals surface area contributed by atoms with E-state index in [1.807, 2.05) is 27.7 Å². The van der Waals surface area contributed by atoms with Gasteiger partial charge in [0.05, 0.1) is 6.04 Å². The number of hydrogen-bond acceptors (Lipinski definition) is 4. The minimum atomic E-state index is -3.32. The van der Waals surface area contributed by atoms with Gasteiger partial charge in [0.1, 0.15) is 0 Å². The summed E-state index contributed by atoms with van der Waals surface area (Å²) in [5.74, 6) is -0.00616. The maximum atomic E-state index is 12.5. The number of nitrogens with one attached hydrogen (secondary N) is 1. The Hall–Kier alpha value is -0.700. The Morgan fingerprint density at radius 3 is 1.91 bits per heavy atom. The highest BCUT2D eigenvalue weighted by molar-refractivity contribution is 7.86. The smallest absolute Gasteiger partial charge is 0.282 e. The van der Waals surface area contributed by atoms with Crippen molar-refractivity contribution in [1.82, 2.24) is 18.8 Å². The first-order valence-electron chi connectivity index (χ1n) is 8.42. The monoisotopic (exact) mass is 346 g/mol. The van der Waals surface area contributed by atoms with Crippen LogP contribution in [0, 0.1) is 0 Å². The first-order chi connectivity index (χ1) is 10.6. The van der Waals surface area contributed by atoms with Crippen LogP contribution in [0.15, 0.2) is 0 Å². The quantitative estimate of drug-likeness (QED) is 0.792. The largest absolute Gasteiger partial charge is 0.350 e. The summed E-state index contributed by atoms with van der Waals surface area (Å²) in [6, 6.07) is -0.245. The van der Waals surface area contributed by atoms with Crippen LogP contribution in [0.2, 0.25) is 0 Å². The number of amides is 1. The van der Waals surface area contributed by atoms with E-state index < -0.39 is 10.2 Å². The molecule has 1 N–H and O–H groups in total. The molecule has 0 radical (unpaired) electrons. The lowest BCUT2D eigenvalue weighted by atomic mass is 10.1. The van der Waals surface area contributed by atoms with Crippen molar-refractivity contribution in [2.75, 3.05) is 39.3 Å². The zero-order chi connectivity index (χ0) is 17.3. The van der Waals surface area contributed by atoms with Gasteiger partial charge in [0.2, 0.25) is 5.91 Å². The van der Waals surface area contributed by atoms with Gasteiger partial charge in [-0.05, 0) is 40.5 Å². The highest BCUT2D eigenvalue weighted by Crippen LogP contribution is 2.18. The standard InChI is InChI=1S/C15H30N4O3S/c1-13(14(20)16-15(2,3)4)17-9-11-19(12-10-17)23(21,22)18-7-5-6-8-18/h13H,5-12H2,1-4H3,(H,16,20). The average Bonchev–Trinajstić information content (AvgIpc) is 2.99. The average molecular weight is 346 g/mol. The molecule has 2 heterocycles. The topological polar surface area (TPSA) is 73.0 Å². The van der Waals surface area contributed by atoms with Gasteiger partial charge >= 0.3 is 0 Å². The van der Waals surface area contributed by atoms with Crippen molar-refractivity contribution in [2.24, 2.45) is 0 Å². The molecule has 0 bridgehead atoms. The predicted octanol–water partition coefficient (Wildman–Crippen LogP) is 0.248. The van der Waals surface area contributed by atoms with Crippen molar-refractivity contribution >= 4 is 16.1 Å². The summed E-state index contributed by atoms with van der Waals surface area (Å²) in [6.45, 7) is 11.1. The van der Waals surface area contributed by atoms with E-state index in [0.717, 1.165) is 12.8 Å². The molecule has 0 aromatic heterocycles. The van der Waals surface area contributed by atoms with E-state index in [1.54, 1.807) is 8.61 Å². The van der Waals surface area contributed by atoms with E-state index in [1.165, 1.54) is 0 Å². The minimum absolute atomic E-state index is 0.00616. The van der Waals surface area contributed by atoms with Crippen molar-refractivity contribution in [3.63, 3.8) is 0 Å². The van der Waals surface area contributed by atoms with E-state index >= 15 is 0 Å². The molecule has 1 unspecified atom stereocenters. The lowest BCUT2D eigenvalue weighted by Crippen LogP contribution is -2.58. The second kappa shape index (κ2) is 7.04. The van der Waals surface area contributed by atoms with Crippen LogP contribution in [0.4, 0.5) is 0 Å². The number of rotatable bonds is 4.